The van der Waals surface area contributed by atoms with E-state index in [1.165, 1.54) is 5.56 Å². The van der Waals surface area contributed by atoms with Crippen LogP contribution >= 0.6 is 0 Å². The molecule has 0 atom stereocenters. The predicted octanol–water partition coefficient (Wildman–Crippen LogP) is 3.83. The number of nitrogens with zero attached hydrogens (tertiary/aromatic N) is 1. The minimum Gasteiger partial charge on any atom is -0.485 e. The van der Waals surface area contributed by atoms with Crippen molar-refractivity contribution in [3.8, 4) is 11.6 Å². The number of furan rings is 1. The molecule has 7 heteroatoms. The highest BCUT2D eigenvalue weighted by atomic mass is 16.5. The summed E-state index contributed by atoms with van der Waals surface area (Å²) in [4.78, 5) is 16.5. The van der Waals surface area contributed by atoms with E-state index >= 15 is 0 Å². The molecule has 0 aliphatic rings. The highest BCUT2D eigenvalue weighted by Gasteiger charge is 2.12. The van der Waals surface area contributed by atoms with E-state index in [0.717, 1.165) is 16.9 Å². The summed E-state index contributed by atoms with van der Waals surface area (Å²) in [5.41, 5.74) is 3.09. The molecule has 1 amide bonds. The number of ether oxygens (including phenoxy) is 3. The van der Waals surface area contributed by atoms with E-state index in [-0.39, 0.29) is 18.3 Å². The van der Waals surface area contributed by atoms with Crippen molar-refractivity contribution in [3.63, 3.8) is 0 Å². The molecule has 0 saturated heterocycles. The van der Waals surface area contributed by atoms with Gasteiger partial charge in [0.05, 0.1) is 6.61 Å². The third-order valence-electron chi connectivity index (χ3n) is 4.37. The molecule has 1 N–H and O–H groups in total. The molecule has 0 unspecified atom stereocenters. The zero-order valence-electron chi connectivity index (χ0n) is 17.4. The van der Waals surface area contributed by atoms with Gasteiger partial charge < -0.3 is 23.9 Å². The molecular weight excluding hydrogens is 384 g/mol. The number of aryl methyl sites for hydroxylation is 2. The first-order valence-electron chi connectivity index (χ1n) is 9.69. The van der Waals surface area contributed by atoms with E-state index < -0.39 is 0 Å². The maximum absolute atomic E-state index is 12.3. The maximum atomic E-state index is 12.3. The average molecular weight is 410 g/mol. The number of hydrogen-bond acceptors (Lipinski definition) is 6. The van der Waals surface area contributed by atoms with Crippen molar-refractivity contribution in [1.29, 1.82) is 0 Å². The van der Waals surface area contributed by atoms with Crippen LogP contribution in [-0.4, -0.2) is 31.2 Å². The van der Waals surface area contributed by atoms with Crippen molar-refractivity contribution in [2.75, 3.05) is 20.3 Å². The third-order valence-corrected chi connectivity index (χ3v) is 4.37. The van der Waals surface area contributed by atoms with Gasteiger partial charge in [0.25, 0.3) is 5.91 Å². The van der Waals surface area contributed by atoms with Crippen LogP contribution < -0.4 is 14.8 Å². The fourth-order valence-corrected chi connectivity index (χ4v) is 2.79. The van der Waals surface area contributed by atoms with Crippen LogP contribution in [0.3, 0.4) is 0 Å². The average Bonchev–Trinajstić information content (AvgIpc) is 3.22. The molecule has 0 saturated carbocycles. The SMILES string of the molecule is COCCOc1ccc(CNC(=O)c2ccc(COc3ccc(C)cc3C)o2)cn1. The molecule has 2 heterocycles. The molecule has 0 radical (unpaired) electrons. The summed E-state index contributed by atoms with van der Waals surface area (Å²) in [7, 11) is 1.61. The summed E-state index contributed by atoms with van der Waals surface area (Å²) in [6.45, 7) is 5.56. The van der Waals surface area contributed by atoms with Crippen LogP contribution in [0.5, 0.6) is 11.6 Å². The summed E-state index contributed by atoms with van der Waals surface area (Å²) in [5, 5.41) is 2.82. The molecule has 30 heavy (non-hydrogen) atoms. The van der Waals surface area contributed by atoms with Crippen molar-refractivity contribution in [2.24, 2.45) is 0 Å². The number of benzene rings is 1. The molecule has 3 rings (SSSR count). The van der Waals surface area contributed by atoms with Crippen molar-refractivity contribution >= 4 is 5.91 Å². The second-order valence-corrected chi connectivity index (χ2v) is 6.85. The van der Waals surface area contributed by atoms with Gasteiger partial charge in [0, 0.05) is 25.9 Å². The summed E-state index contributed by atoms with van der Waals surface area (Å²) < 4.78 is 21.7. The Balaban J connectivity index is 1.47. The van der Waals surface area contributed by atoms with Crippen LogP contribution in [0.2, 0.25) is 0 Å². The van der Waals surface area contributed by atoms with Crippen LogP contribution in [0.15, 0.2) is 53.1 Å². The minimum absolute atomic E-state index is 0.238. The lowest BCUT2D eigenvalue weighted by Crippen LogP contribution is -2.22. The van der Waals surface area contributed by atoms with Gasteiger partial charge in [-0.2, -0.15) is 0 Å². The quantitative estimate of drug-likeness (QED) is 0.512. The first kappa shape index (κ1) is 21.4. The molecule has 7 nitrogen and oxygen atoms in total. The third kappa shape index (κ3) is 6.09. The Labute approximate surface area is 176 Å². The van der Waals surface area contributed by atoms with Crippen molar-refractivity contribution < 1.29 is 23.4 Å². The summed E-state index contributed by atoms with van der Waals surface area (Å²) >= 11 is 0. The van der Waals surface area contributed by atoms with Crippen molar-refractivity contribution in [2.45, 2.75) is 27.0 Å². The van der Waals surface area contributed by atoms with Gasteiger partial charge in [-0.1, -0.05) is 23.8 Å². The summed E-state index contributed by atoms with van der Waals surface area (Å²) in [6, 6.07) is 13.0. The number of carbonyl (C=O) groups is 1. The Kier molecular flexibility index (Phi) is 7.45. The van der Waals surface area contributed by atoms with Gasteiger partial charge in [0.2, 0.25) is 5.88 Å². The van der Waals surface area contributed by atoms with Crippen molar-refractivity contribution in [3.05, 3.63) is 76.9 Å². The lowest BCUT2D eigenvalue weighted by Gasteiger charge is -2.08. The zero-order valence-corrected chi connectivity index (χ0v) is 17.4. The van der Waals surface area contributed by atoms with Gasteiger partial charge >= 0.3 is 0 Å². The van der Waals surface area contributed by atoms with Gasteiger partial charge in [-0.05, 0) is 43.2 Å². The number of methoxy groups -OCH3 is 1. The fourth-order valence-electron chi connectivity index (χ4n) is 2.79. The number of carbonyl (C=O) groups excluding carboxylic acids is 1. The van der Waals surface area contributed by atoms with Crippen LogP contribution in [0, 0.1) is 13.8 Å². The van der Waals surface area contributed by atoms with E-state index in [1.807, 2.05) is 32.0 Å². The summed E-state index contributed by atoms with van der Waals surface area (Å²) in [6.07, 6.45) is 1.66. The highest BCUT2D eigenvalue weighted by Crippen LogP contribution is 2.20. The number of amides is 1. The molecule has 3 aromatic rings. The second-order valence-electron chi connectivity index (χ2n) is 6.85. The largest absolute Gasteiger partial charge is 0.485 e. The monoisotopic (exact) mass is 410 g/mol. The number of nitrogens with one attached hydrogen (secondary N) is 1. The number of aromatic nitrogens is 1. The van der Waals surface area contributed by atoms with Crippen LogP contribution in [0.25, 0.3) is 0 Å². The molecule has 0 fully saturated rings. The second kappa shape index (κ2) is 10.5. The normalized spacial score (nSPS) is 10.6. The van der Waals surface area contributed by atoms with Crippen LogP contribution in [0.4, 0.5) is 0 Å². The number of pyridine rings is 1. The van der Waals surface area contributed by atoms with E-state index in [1.54, 1.807) is 31.5 Å². The van der Waals surface area contributed by atoms with E-state index in [2.05, 4.69) is 16.4 Å². The lowest BCUT2D eigenvalue weighted by atomic mass is 10.1. The molecule has 158 valence electrons. The maximum Gasteiger partial charge on any atom is 0.287 e. The first-order chi connectivity index (χ1) is 14.5. The Morgan fingerprint density at radius 2 is 1.93 bits per heavy atom. The molecule has 0 aliphatic heterocycles. The molecular formula is C23H26N2O5. The van der Waals surface area contributed by atoms with Gasteiger partial charge in [0.1, 0.15) is 24.7 Å². The van der Waals surface area contributed by atoms with Crippen molar-refractivity contribution in [1.82, 2.24) is 10.3 Å². The van der Waals surface area contributed by atoms with Crippen LogP contribution in [0.1, 0.15) is 33.0 Å². The van der Waals surface area contributed by atoms with E-state index in [4.69, 9.17) is 18.6 Å². The van der Waals surface area contributed by atoms with E-state index in [9.17, 15) is 4.79 Å². The highest BCUT2D eigenvalue weighted by molar-refractivity contribution is 5.91. The standard InChI is InChI=1S/C23H26N2O5/c1-16-4-7-20(17(2)12-16)29-15-19-6-8-21(30-19)23(26)25-14-18-5-9-22(24-13-18)28-11-10-27-3/h4-9,12-13H,10-11,14-15H2,1-3H3,(H,25,26). The molecule has 0 bridgehead atoms. The Bertz CT molecular complexity index is 966. The fraction of sp³-hybridized carbons (Fsp3) is 0.304. The topological polar surface area (TPSA) is 82.8 Å². The smallest absolute Gasteiger partial charge is 0.287 e. The minimum atomic E-state index is -0.298. The Hall–Kier alpha value is -3.32. The molecule has 1 aromatic carbocycles. The molecule has 0 spiro atoms. The van der Waals surface area contributed by atoms with E-state index in [0.29, 0.717) is 31.4 Å². The van der Waals surface area contributed by atoms with Gasteiger partial charge in [-0.3, -0.25) is 4.79 Å². The van der Waals surface area contributed by atoms with Gasteiger partial charge in [0.15, 0.2) is 5.76 Å². The first-order valence-corrected chi connectivity index (χ1v) is 9.69. The predicted molar refractivity (Wildman–Crippen MR) is 112 cm³/mol. The molecule has 2 aromatic heterocycles. The summed E-state index contributed by atoms with van der Waals surface area (Å²) in [5.74, 6) is 1.83. The zero-order chi connectivity index (χ0) is 21.3. The van der Waals surface area contributed by atoms with Gasteiger partial charge in [-0.25, -0.2) is 4.98 Å². The Morgan fingerprint density at radius 1 is 1.07 bits per heavy atom. The Morgan fingerprint density at radius 3 is 2.67 bits per heavy atom. The molecule has 0 aliphatic carbocycles. The van der Waals surface area contributed by atoms with Gasteiger partial charge in [-0.15, -0.1) is 0 Å². The lowest BCUT2D eigenvalue weighted by molar-refractivity contribution is 0.0919. The number of hydrogen-bond donors (Lipinski definition) is 1. The van der Waals surface area contributed by atoms with Crippen LogP contribution in [-0.2, 0) is 17.9 Å². The number of rotatable bonds is 10.